The predicted octanol–water partition coefficient (Wildman–Crippen LogP) is -1.08. The molecule has 0 aromatic heterocycles. The van der Waals surface area contributed by atoms with Crippen LogP contribution in [0.2, 0.25) is 0 Å². The Morgan fingerprint density at radius 1 is 0.613 bits per heavy atom. The first-order chi connectivity index (χ1) is 14.3. The fourth-order valence-electron chi connectivity index (χ4n) is 1.47. The minimum absolute atomic E-state index is 0. The number of carbonyl (C=O) groups is 4. The summed E-state index contributed by atoms with van der Waals surface area (Å²) < 4.78 is 19.5. The first-order valence-electron chi connectivity index (χ1n) is 9.60. The van der Waals surface area contributed by atoms with Gasteiger partial charge in [0.25, 0.3) is 0 Å². The Hall–Kier alpha value is -1.46. The van der Waals surface area contributed by atoms with E-state index >= 15 is 0 Å². The van der Waals surface area contributed by atoms with Crippen LogP contribution in [0, 0.1) is 0 Å². The summed E-state index contributed by atoms with van der Waals surface area (Å²) in [5, 5.41) is 19.8. The van der Waals surface area contributed by atoms with Gasteiger partial charge in [0.15, 0.2) is 0 Å². The van der Waals surface area contributed by atoms with Crippen LogP contribution in [0.4, 0.5) is 0 Å². The van der Waals surface area contributed by atoms with E-state index in [0.717, 1.165) is 37.8 Å². The van der Waals surface area contributed by atoms with E-state index in [1.807, 2.05) is 13.8 Å². The molecule has 0 aromatic rings. The third-order valence-electron chi connectivity index (χ3n) is 2.94. The van der Waals surface area contributed by atoms with Crippen LogP contribution in [-0.4, -0.2) is 101 Å². The van der Waals surface area contributed by atoms with E-state index in [1.54, 1.807) is 0 Å². The van der Waals surface area contributed by atoms with Crippen molar-refractivity contribution in [1.29, 1.82) is 0 Å². The molecule has 0 saturated carbocycles. The molecule has 10 nitrogen and oxygen atoms in total. The standard InChI is InChI=1S/2C10H16O5.Ca/c2*1-2-3-6-14-7-8-15-10(13)5-4-9(11)12;/h2*4-5H,2-3,6-8H2,1H3,(H,11,12);/q;;+2/p-2/b2*5-4-;. The van der Waals surface area contributed by atoms with Gasteiger partial charge in [0.05, 0.1) is 25.2 Å². The van der Waals surface area contributed by atoms with Gasteiger partial charge in [0.2, 0.25) is 0 Å². The molecule has 0 spiro atoms. The first kappa shape index (κ1) is 34.2. The van der Waals surface area contributed by atoms with Crippen molar-refractivity contribution in [2.75, 3.05) is 39.6 Å². The summed E-state index contributed by atoms with van der Waals surface area (Å²) in [7, 11) is 0. The van der Waals surface area contributed by atoms with Crippen LogP contribution in [0.5, 0.6) is 0 Å². The predicted molar refractivity (Wildman–Crippen MR) is 107 cm³/mol. The van der Waals surface area contributed by atoms with Gasteiger partial charge in [-0.05, 0) is 25.0 Å². The van der Waals surface area contributed by atoms with E-state index in [0.29, 0.717) is 38.6 Å². The van der Waals surface area contributed by atoms with Gasteiger partial charge in [0, 0.05) is 25.4 Å². The molecule has 172 valence electrons. The second-order valence-corrected chi connectivity index (χ2v) is 5.57. The van der Waals surface area contributed by atoms with Crippen molar-refractivity contribution in [3.8, 4) is 0 Å². The topological polar surface area (TPSA) is 151 Å². The van der Waals surface area contributed by atoms with Gasteiger partial charge >= 0.3 is 49.7 Å². The molecule has 0 bridgehead atoms. The Morgan fingerprint density at radius 2 is 0.968 bits per heavy atom. The van der Waals surface area contributed by atoms with Gasteiger partial charge in [-0.2, -0.15) is 0 Å². The number of rotatable bonds is 16. The Labute approximate surface area is 212 Å². The molecule has 31 heavy (non-hydrogen) atoms. The van der Waals surface area contributed by atoms with Crippen molar-refractivity contribution in [2.24, 2.45) is 0 Å². The Balaban J connectivity index is -0.000000490. The minimum Gasteiger partial charge on any atom is -0.545 e. The molecule has 0 aromatic carbocycles. The SMILES string of the molecule is CCCCOCCOC(=O)/C=C\C(=O)[O-].CCCCOCCOC(=O)/C=C\C(=O)[O-].[Ca+2]. The van der Waals surface area contributed by atoms with Gasteiger partial charge in [-0.3, -0.25) is 0 Å². The van der Waals surface area contributed by atoms with Crippen LogP contribution >= 0.6 is 0 Å². The summed E-state index contributed by atoms with van der Waals surface area (Å²) in [5.74, 6) is -4.27. The number of carboxylic acids is 2. The molecular weight excluding hydrogens is 440 g/mol. The smallest absolute Gasteiger partial charge is 0.545 e. The van der Waals surface area contributed by atoms with Gasteiger partial charge in [-0.25, -0.2) is 9.59 Å². The first-order valence-corrected chi connectivity index (χ1v) is 9.60. The molecule has 0 aliphatic heterocycles. The number of carboxylic acid groups (broad SMARTS) is 2. The largest absolute Gasteiger partial charge is 2.00 e. The monoisotopic (exact) mass is 470 g/mol. The number of hydrogen-bond acceptors (Lipinski definition) is 10. The Bertz CT molecular complexity index is 498. The van der Waals surface area contributed by atoms with E-state index in [-0.39, 0.29) is 51.0 Å². The molecule has 11 heteroatoms. The maximum absolute atomic E-state index is 10.8. The number of unbranched alkanes of at least 4 members (excludes halogenated alkanes) is 2. The third kappa shape index (κ3) is 33.4. The second kappa shape index (κ2) is 26.6. The number of esters is 2. The van der Waals surface area contributed by atoms with Crippen LogP contribution in [0.15, 0.2) is 24.3 Å². The molecule has 0 amide bonds. The zero-order valence-corrected chi connectivity index (χ0v) is 20.4. The number of hydrogen-bond donors (Lipinski definition) is 0. The van der Waals surface area contributed by atoms with Gasteiger partial charge in [-0.15, -0.1) is 0 Å². The maximum atomic E-state index is 10.8. The number of aliphatic carboxylic acids is 2. The second-order valence-electron chi connectivity index (χ2n) is 5.57. The van der Waals surface area contributed by atoms with Crippen molar-refractivity contribution in [3.63, 3.8) is 0 Å². The summed E-state index contributed by atoms with van der Waals surface area (Å²) in [6.07, 6.45) is 6.91. The van der Waals surface area contributed by atoms with E-state index in [2.05, 4.69) is 9.47 Å². The summed E-state index contributed by atoms with van der Waals surface area (Å²) in [6, 6.07) is 0. The van der Waals surface area contributed by atoms with Crippen LogP contribution in [0.1, 0.15) is 39.5 Å². The van der Waals surface area contributed by atoms with Crippen LogP contribution < -0.4 is 10.2 Å². The number of ether oxygens (including phenoxy) is 4. The Morgan fingerprint density at radius 3 is 1.26 bits per heavy atom. The molecule has 0 unspecified atom stereocenters. The summed E-state index contributed by atoms with van der Waals surface area (Å²) in [6.45, 7) is 6.28. The van der Waals surface area contributed by atoms with Gasteiger partial charge in [-0.1, -0.05) is 26.7 Å². The average molecular weight is 471 g/mol. The van der Waals surface area contributed by atoms with Crippen molar-refractivity contribution < 1.29 is 48.3 Å². The van der Waals surface area contributed by atoms with Crippen LogP contribution in [-0.2, 0) is 38.1 Å². The summed E-state index contributed by atoms with van der Waals surface area (Å²) in [4.78, 5) is 41.4. The molecule has 0 aliphatic carbocycles. The van der Waals surface area contributed by atoms with Crippen molar-refractivity contribution in [3.05, 3.63) is 24.3 Å². The molecule has 0 saturated heterocycles. The zero-order chi connectivity index (χ0) is 23.0. The quantitative estimate of drug-likeness (QED) is 0.118. The van der Waals surface area contributed by atoms with E-state index < -0.39 is 23.9 Å². The van der Waals surface area contributed by atoms with Gasteiger partial charge < -0.3 is 38.7 Å². The normalized spacial score (nSPS) is 10.1. The van der Waals surface area contributed by atoms with E-state index in [9.17, 15) is 29.4 Å². The zero-order valence-electron chi connectivity index (χ0n) is 18.2. The fourth-order valence-corrected chi connectivity index (χ4v) is 1.47. The van der Waals surface area contributed by atoms with E-state index in [1.165, 1.54) is 0 Å². The van der Waals surface area contributed by atoms with Crippen LogP contribution in [0.3, 0.4) is 0 Å². The minimum atomic E-state index is -1.42. The molecule has 0 heterocycles. The van der Waals surface area contributed by atoms with Gasteiger partial charge in [0.1, 0.15) is 13.2 Å². The average Bonchev–Trinajstić information content (AvgIpc) is 2.70. The molecule has 0 fully saturated rings. The van der Waals surface area contributed by atoms with Crippen molar-refractivity contribution in [1.82, 2.24) is 0 Å². The molecule has 0 N–H and O–H groups in total. The van der Waals surface area contributed by atoms with Crippen molar-refractivity contribution in [2.45, 2.75) is 39.5 Å². The summed E-state index contributed by atoms with van der Waals surface area (Å²) >= 11 is 0. The molecular formula is C20H30CaO10. The third-order valence-corrected chi connectivity index (χ3v) is 2.94. The van der Waals surface area contributed by atoms with E-state index in [4.69, 9.17) is 9.47 Å². The maximum Gasteiger partial charge on any atom is 2.00 e. The molecule has 0 radical (unpaired) electrons. The molecule has 0 rings (SSSR count). The summed E-state index contributed by atoms with van der Waals surface area (Å²) in [5.41, 5.74) is 0. The Kier molecular flexibility index (Phi) is 29.3. The molecule has 0 aliphatic rings. The number of carbonyl (C=O) groups excluding carboxylic acids is 4. The van der Waals surface area contributed by atoms with Crippen LogP contribution in [0.25, 0.3) is 0 Å². The van der Waals surface area contributed by atoms with Crippen molar-refractivity contribution >= 4 is 61.6 Å². The fraction of sp³-hybridized carbons (Fsp3) is 0.600. The molecule has 0 atom stereocenters.